The molecule has 0 saturated heterocycles. The highest BCUT2D eigenvalue weighted by molar-refractivity contribution is 7.14. The van der Waals surface area contributed by atoms with Gasteiger partial charge in [-0.05, 0) is 14.1 Å². The highest BCUT2D eigenvalue weighted by Gasteiger charge is 2.18. The van der Waals surface area contributed by atoms with Crippen LogP contribution in [-0.4, -0.2) is 41.6 Å². The molecule has 100 valence electrons. The summed E-state index contributed by atoms with van der Waals surface area (Å²) in [4.78, 5) is 18.2. The molecule has 0 unspecified atom stereocenters. The standard InChI is InChI=1S/C14H16N2O2S/c1-16(2)9-8-11-15-12(13(19-11)14(17)18)10-6-4-3-5-7-10/h3-7H,8-9H2,1-2H3,(H,17,18). The number of nitrogens with zero attached hydrogens (tertiary/aromatic N) is 2. The van der Waals surface area contributed by atoms with Crippen molar-refractivity contribution < 1.29 is 9.90 Å². The van der Waals surface area contributed by atoms with Gasteiger partial charge in [-0.25, -0.2) is 9.78 Å². The molecule has 1 aromatic carbocycles. The Labute approximate surface area is 116 Å². The number of rotatable bonds is 5. The maximum absolute atomic E-state index is 11.3. The number of carboxylic acids is 1. The number of likely N-dealkylation sites (N-methyl/N-ethyl adjacent to an activating group) is 1. The van der Waals surface area contributed by atoms with Gasteiger partial charge >= 0.3 is 5.97 Å². The van der Waals surface area contributed by atoms with Crippen LogP contribution in [0.5, 0.6) is 0 Å². The van der Waals surface area contributed by atoms with E-state index >= 15 is 0 Å². The van der Waals surface area contributed by atoms with Crippen molar-refractivity contribution in [1.29, 1.82) is 0 Å². The first kappa shape index (κ1) is 13.7. The highest BCUT2D eigenvalue weighted by Crippen LogP contribution is 2.28. The van der Waals surface area contributed by atoms with Crippen LogP contribution in [0, 0.1) is 0 Å². The van der Waals surface area contributed by atoms with E-state index in [0.29, 0.717) is 10.6 Å². The molecule has 0 atom stereocenters. The number of carbonyl (C=O) groups is 1. The molecule has 0 radical (unpaired) electrons. The Hall–Kier alpha value is -1.72. The van der Waals surface area contributed by atoms with Gasteiger partial charge in [0.1, 0.15) is 4.88 Å². The number of thiazole rings is 1. The molecule has 1 N–H and O–H groups in total. The van der Waals surface area contributed by atoms with Gasteiger partial charge in [-0.2, -0.15) is 0 Å². The van der Waals surface area contributed by atoms with Gasteiger partial charge in [-0.1, -0.05) is 30.3 Å². The Morgan fingerprint density at radius 2 is 2.00 bits per heavy atom. The van der Waals surface area contributed by atoms with Gasteiger partial charge in [0.25, 0.3) is 0 Å². The summed E-state index contributed by atoms with van der Waals surface area (Å²) >= 11 is 1.27. The van der Waals surface area contributed by atoms with E-state index in [1.54, 1.807) is 0 Å². The lowest BCUT2D eigenvalue weighted by molar-refractivity contribution is 0.0702. The number of hydrogen-bond donors (Lipinski definition) is 1. The minimum Gasteiger partial charge on any atom is -0.477 e. The molecule has 0 bridgehead atoms. The first-order valence-electron chi connectivity index (χ1n) is 6.01. The van der Waals surface area contributed by atoms with Crippen molar-refractivity contribution in [3.63, 3.8) is 0 Å². The van der Waals surface area contributed by atoms with E-state index < -0.39 is 5.97 Å². The molecule has 5 heteroatoms. The van der Waals surface area contributed by atoms with Crippen molar-refractivity contribution in [3.05, 3.63) is 40.2 Å². The molecule has 0 aliphatic rings. The van der Waals surface area contributed by atoms with Crippen LogP contribution in [0.15, 0.2) is 30.3 Å². The lowest BCUT2D eigenvalue weighted by Crippen LogP contribution is -2.14. The van der Waals surface area contributed by atoms with Crippen LogP contribution in [0.4, 0.5) is 0 Å². The Balaban J connectivity index is 2.34. The first-order valence-corrected chi connectivity index (χ1v) is 6.82. The smallest absolute Gasteiger partial charge is 0.348 e. The van der Waals surface area contributed by atoms with Crippen molar-refractivity contribution in [1.82, 2.24) is 9.88 Å². The molecule has 2 aromatic rings. The molecule has 0 amide bonds. The quantitative estimate of drug-likeness (QED) is 0.912. The van der Waals surface area contributed by atoms with E-state index in [1.165, 1.54) is 11.3 Å². The van der Waals surface area contributed by atoms with E-state index in [1.807, 2.05) is 44.4 Å². The van der Waals surface area contributed by atoms with Crippen LogP contribution in [0.1, 0.15) is 14.7 Å². The average molecular weight is 276 g/mol. The van der Waals surface area contributed by atoms with Crippen molar-refractivity contribution in [2.24, 2.45) is 0 Å². The fourth-order valence-electron chi connectivity index (χ4n) is 1.73. The monoisotopic (exact) mass is 276 g/mol. The van der Waals surface area contributed by atoms with Crippen LogP contribution in [-0.2, 0) is 6.42 Å². The fraction of sp³-hybridized carbons (Fsp3) is 0.286. The van der Waals surface area contributed by atoms with Gasteiger partial charge in [-0.15, -0.1) is 11.3 Å². The Morgan fingerprint density at radius 1 is 1.32 bits per heavy atom. The largest absolute Gasteiger partial charge is 0.477 e. The summed E-state index contributed by atoms with van der Waals surface area (Å²) < 4.78 is 0. The molecular formula is C14H16N2O2S. The van der Waals surface area contributed by atoms with Gasteiger partial charge in [0.2, 0.25) is 0 Å². The van der Waals surface area contributed by atoms with Crippen LogP contribution in [0.25, 0.3) is 11.3 Å². The molecule has 1 aromatic heterocycles. The molecule has 19 heavy (non-hydrogen) atoms. The zero-order valence-corrected chi connectivity index (χ0v) is 11.8. The molecular weight excluding hydrogens is 260 g/mol. The molecule has 0 fully saturated rings. The van der Waals surface area contributed by atoms with E-state index in [-0.39, 0.29) is 0 Å². The highest BCUT2D eigenvalue weighted by atomic mass is 32.1. The molecule has 0 spiro atoms. The van der Waals surface area contributed by atoms with E-state index in [2.05, 4.69) is 9.88 Å². The summed E-state index contributed by atoms with van der Waals surface area (Å²) in [5.74, 6) is -0.910. The number of aromatic nitrogens is 1. The van der Waals surface area contributed by atoms with Crippen LogP contribution < -0.4 is 0 Å². The van der Waals surface area contributed by atoms with E-state index in [4.69, 9.17) is 0 Å². The second-order valence-corrected chi connectivity index (χ2v) is 5.59. The summed E-state index contributed by atoms with van der Waals surface area (Å²) in [5.41, 5.74) is 1.43. The van der Waals surface area contributed by atoms with Gasteiger partial charge in [0, 0.05) is 18.5 Å². The zero-order valence-electron chi connectivity index (χ0n) is 11.0. The Morgan fingerprint density at radius 3 is 2.58 bits per heavy atom. The molecule has 0 aliphatic carbocycles. The van der Waals surface area contributed by atoms with Crippen molar-refractivity contribution in [3.8, 4) is 11.3 Å². The van der Waals surface area contributed by atoms with Crippen LogP contribution in [0.2, 0.25) is 0 Å². The third-order valence-electron chi connectivity index (χ3n) is 2.69. The molecule has 1 heterocycles. The Kier molecular flexibility index (Phi) is 4.29. The van der Waals surface area contributed by atoms with Gasteiger partial charge < -0.3 is 10.0 Å². The summed E-state index contributed by atoms with van der Waals surface area (Å²) in [6.07, 6.45) is 0.769. The normalized spacial score (nSPS) is 10.9. The number of carboxylic acid groups (broad SMARTS) is 1. The third kappa shape index (κ3) is 3.39. The molecule has 0 aliphatic heterocycles. The van der Waals surface area contributed by atoms with Crippen molar-refractivity contribution >= 4 is 17.3 Å². The first-order chi connectivity index (χ1) is 9.08. The maximum Gasteiger partial charge on any atom is 0.348 e. The van der Waals surface area contributed by atoms with E-state index in [0.717, 1.165) is 23.5 Å². The second kappa shape index (κ2) is 5.95. The summed E-state index contributed by atoms with van der Waals surface area (Å²) in [5, 5.41) is 10.1. The maximum atomic E-state index is 11.3. The topological polar surface area (TPSA) is 53.4 Å². The predicted octanol–water partition coefficient (Wildman–Crippen LogP) is 2.61. The summed E-state index contributed by atoms with van der Waals surface area (Å²) in [6.45, 7) is 0.862. The predicted molar refractivity (Wildman–Crippen MR) is 76.8 cm³/mol. The van der Waals surface area contributed by atoms with Crippen molar-refractivity contribution in [2.45, 2.75) is 6.42 Å². The lowest BCUT2D eigenvalue weighted by Gasteiger charge is -2.06. The molecule has 2 rings (SSSR count). The summed E-state index contributed by atoms with van der Waals surface area (Å²) in [6, 6.07) is 9.46. The van der Waals surface area contributed by atoms with Gasteiger partial charge in [0.15, 0.2) is 0 Å². The average Bonchev–Trinajstić information content (AvgIpc) is 2.82. The van der Waals surface area contributed by atoms with Crippen LogP contribution in [0.3, 0.4) is 0 Å². The fourth-order valence-corrected chi connectivity index (χ4v) is 2.64. The number of aromatic carboxylic acids is 1. The SMILES string of the molecule is CN(C)CCc1nc(-c2ccccc2)c(C(=O)O)s1. The van der Waals surface area contributed by atoms with Crippen LogP contribution >= 0.6 is 11.3 Å². The second-order valence-electron chi connectivity index (χ2n) is 4.51. The Bertz CT molecular complexity index is 564. The number of benzene rings is 1. The minimum absolute atomic E-state index is 0.319. The third-order valence-corrected chi connectivity index (χ3v) is 3.79. The minimum atomic E-state index is -0.910. The van der Waals surface area contributed by atoms with Gasteiger partial charge in [-0.3, -0.25) is 0 Å². The van der Waals surface area contributed by atoms with Crippen molar-refractivity contribution in [2.75, 3.05) is 20.6 Å². The molecule has 0 saturated carbocycles. The van der Waals surface area contributed by atoms with Gasteiger partial charge in [0.05, 0.1) is 10.7 Å². The summed E-state index contributed by atoms with van der Waals surface area (Å²) in [7, 11) is 3.98. The number of hydrogen-bond acceptors (Lipinski definition) is 4. The zero-order chi connectivity index (χ0) is 13.8. The van der Waals surface area contributed by atoms with E-state index in [9.17, 15) is 9.90 Å². The lowest BCUT2D eigenvalue weighted by atomic mass is 10.1. The molecule has 4 nitrogen and oxygen atoms in total.